The highest BCUT2D eigenvalue weighted by Crippen LogP contribution is 2.27. The molecule has 0 atom stereocenters. The van der Waals surface area contributed by atoms with Crippen LogP contribution >= 0.6 is 11.6 Å². The van der Waals surface area contributed by atoms with Gasteiger partial charge < -0.3 is 9.30 Å². The first-order valence-corrected chi connectivity index (χ1v) is 11.8. The number of anilines is 2. The molecular weight excluding hydrogens is 452 g/mol. The summed E-state index contributed by atoms with van der Waals surface area (Å²) in [4.78, 5) is 3.68. The number of aromatic nitrogens is 2. The Bertz CT molecular complexity index is 1290. The number of rotatable bonds is 7. The molecule has 160 valence electrons. The third-order valence-corrected chi connectivity index (χ3v) is 7.43. The normalized spacial score (nSPS) is 11.9. The maximum atomic E-state index is 12.8. The summed E-state index contributed by atoms with van der Waals surface area (Å²) < 4.78 is 62.0. The number of benzene rings is 2. The molecule has 9 nitrogen and oxygen atoms in total. The molecule has 0 aliphatic rings. The number of hydrogen-bond acceptors (Lipinski definition) is 6. The minimum Gasteiger partial charge on any atom is -0.497 e. The summed E-state index contributed by atoms with van der Waals surface area (Å²) in [6.07, 6.45) is 1.27. The van der Waals surface area contributed by atoms with Crippen molar-refractivity contribution >= 4 is 43.0 Å². The number of methoxy groups -OCH3 is 1. The maximum absolute atomic E-state index is 12.8. The van der Waals surface area contributed by atoms with Crippen molar-refractivity contribution in [1.29, 1.82) is 0 Å². The van der Waals surface area contributed by atoms with Crippen molar-refractivity contribution in [3.8, 4) is 5.75 Å². The Morgan fingerprint density at radius 2 is 1.67 bits per heavy atom. The molecule has 12 heteroatoms. The van der Waals surface area contributed by atoms with Crippen LogP contribution in [0.3, 0.4) is 0 Å². The molecule has 1 aromatic heterocycles. The van der Waals surface area contributed by atoms with Crippen molar-refractivity contribution in [3.05, 3.63) is 59.5 Å². The summed E-state index contributed by atoms with van der Waals surface area (Å²) in [5.74, 6) is 0.582. The Balaban J connectivity index is 1.91. The van der Waals surface area contributed by atoms with Gasteiger partial charge >= 0.3 is 0 Å². The summed E-state index contributed by atoms with van der Waals surface area (Å²) in [6.45, 7) is 1.64. The molecule has 0 saturated carbocycles. The van der Waals surface area contributed by atoms with E-state index in [4.69, 9.17) is 16.3 Å². The largest absolute Gasteiger partial charge is 0.497 e. The summed E-state index contributed by atoms with van der Waals surface area (Å²) in [5.41, 5.74) is 0.946. The van der Waals surface area contributed by atoms with Crippen molar-refractivity contribution in [2.45, 2.75) is 16.8 Å². The minimum absolute atomic E-state index is 0.0647. The van der Waals surface area contributed by atoms with Crippen LogP contribution in [0.1, 0.15) is 5.56 Å². The van der Waals surface area contributed by atoms with Crippen LogP contribution < -0.4 is 14.2 Å². The maximum Gasteiger partial charge on any atom is 0.282 e. The van der Waals surface area contributed by atoms with Crippen molar-refractivity contribution in [3.63, 3.8) is 0 Å². The van der Waals surface area contributed by atoms with E-state index in [1.54, 1.807) is 38.2 Å². The Hall–Kier alpha value is -2.76. The van der Waals surface area contributed by atoms with Gasteiger partial charge in [0.1, 0.15) is 10.9 Å². The van der Waals surface area contributed by atoms with Gasteiger partial charge in [-0.15, -0.1) is 0 Å². The van der Waals surface area contributed by atoms with Crippen LogP contribution in [0.4, 0.5) is 11.4 Å². The van der Waals surface area contributed by atoms with Crippen LogP contribution in [0, 0.1) is 6.92 Å². The lowest BCUT2D eigenvalue weighted by Gasteiger charge is -2.13. The van der Waals surface area contributed by atoms with Gasteiger partial charge in [-0.05, 0) is 48.9 Å². The van der Waals surface area contributed by atoms with E-state index in [-0.39, 0.29) is 20.8 Å². The van der Waals surface area contributed by atoms with Crippen LogP contribution in [-0.2, 0) is 27.1 Å². The summed E-state index contributed by atoms with van der Waals surface area (Å²) in [7, 11) is -5.03. The predicted octanol–water partition coefficient (Wildman–Crippen LogP) is 2.99. The molecule has 30 heavy (non-hydrogen) atoms. The topological polar surface area (TPSA) is 119 Å². The van der Waals surface area contributed by atoms with Crippen molar-refractivity contribution < 1.29 is 21.6 Å². The van der Waals surface area contributed by atoms with Gasteiger partial charge in [-0.3, -0.25) is 9.44 Å². The molecule has 0 unspecified atom stereocenters. The number of aryl methyl sites for hydroxylation is 2. The Morgan fingerprint density at radius 3 is 2.23 bits per heavy atom. The standard InChI is InChI=1S/C18H19ClN4O5S2/c1-12-4-9-15(29(24,25)21-13-5-7-14(28-3)8-6-13)10-16(12)22-30(26,27)18-17(19)23(2)11-20-18/h4-11,21-22H,1-3H3. The molecule has 0 aliphatic carbocycles. The zero-order valence-electron chi connectivity index (χ0n) is 16.2. The zero-order valence-corrected chi connectivity index (χ0v) is 18.6. The predicted molar refractivity (Wildman–Crippen MR) is 114 cm³/mol. The molecule has 2 N–H and O–H groups in total. The summed E-state index contributed by atoms with van der Waals surface area (Å²) in [5, 5.41) is -0.416. The average Bonchev–Trinajstić information content (AvgIpc) is 3.03. The van der Waals surface area contributed by atoms with Crippen molar-refractivity contribution in [2.75, 3.05) is 16.6 Å². The molecule has 3 aromatic rings. The van der Waals surface area contributed by atoms with Gasteiger partial charge in [0, 0.05) is 12.7 Å². The Kier molecular flexibility index (Phi) is 5.97. The first kappa shape index (κ1) is 21.9. The lowest BCUT2D eigenvalue weighted by Crippen LogP contribution is -2.17. The molecule has 0 saturated heterocycles. The van der Waals surface area contributed by atoms with Gasteiger partial charge in [-0.1, -0.05) is 17.7 Å². The fraction of sp³-hybridized carbons (Fsp3) is 0.167. The van der Waals surface area contributed by atoms with Gasteiger partial charge in [0.25, 0.3) is 20.0 Å². The van der Waals surface area contributed by atoms with Gasteiger partial charge in [0.05, 0.1) is 24.0 Å². The SMILES string of the molecule is COc1ccc(NS(=O)(=O)c2ccc(C)c(NS(=O)(=O)c3ncn(C)c3Cl)c2)cc1. The fourth-order valence-corrected chi connectivity index (χ4v) is 5.16. The highest BCUT2D eigenvalue weighted by Gasteiger charge is 2.24. The number of halogens is 1. The third kappa shape index (κ3) is 4.53. The molecule has 3 rings (SSSR count). The van der Waals surface area contributed by atoms with Crippen LogP contribution in [-0.4, -0.2) is 33.5 Å². The molecule has 0 aliphatic heterocycles. The van der Waals surface area contributed by atoms with Crippen LogP contribution in [0.25, 0.3) is 0 Å². The second-order valence-electron chi connectivity index (χ2n) is 6.37. The lowest BCUT2D eigenvalue weighted by atomic mass is 10.2. The highest BCUT2D eigenvalue weighted by molar-refractivity contribution is 7.93. The van der Waals surface area contributed by atoms with Crippen LogP contribution in [0.2, 0.25) is 5.15 Å². The number of nitrogens with zero attached hydrogens (tertiary/aromatic N) is 2. The molecule has 2 aromatic carbocycles. The molecule has 1 heterocycles. The van der Waals surface area contributed by atoms with Gasteiger partial charge in [0.2, 0.25) is 5.03 Å². The van der Waals surface area contributed by atoms with E-state index in [1.165, 1.54) is 36.2 Å². The first-order chi connectivity index (χ1) is 14.0. The fourth-order valence-electron chi connectivity index (χ4n) is 2.52. The lowest BCUT2D eigenvalue weighted by molar-refractivity contribution is 0.415. The van der Waals surface area contributed by atoms with Gasteiger partial charge in [-0.2, -0.15) is 8.42 Å². The van der Waals surface area contributed by atoms with Crippen molar-refractivity contribution in [1.82, 2.24) is 9.55 Å². The second kappa shape index (κ2) is 8.17. The second-order valence-corrected chi connectivity index (χ2v) is 10.0. The molecule has 0 radical (unpaired) electrons. The molecule has 0 bridgehead atoms. The van der Waals surface area contributed by atoms with Gasteiger partial charge in [-0.25, -0.2) is 13.4 Å². The minimum atomic E-state index is -4.12. The third-order valence-electron chi connectivity index (χ3n) is 4.19. The number of hydrogen-bond donors (Lipinski definition) is 2. The monoisotopic (exact) mass is 470 g/mol. The van der Waals surface area contributed by atoms with Crippen LogP contribution in [0.15, 0.2) is 58.7 Å². The quantitative estimate of drug-likeness (QED) is 0.547. The number of ether oxygens (including phenoxy) is 1. The van der Waals surface area contributed by atoms with Crippen LogP contribution in [0.5, 0.6) is 5.75 Å². The van der Waals surface area contributed by atoms with E-state index in [0.29, 0.717) is 17.0 Å². The smallest absolute Gasteiger partial charge is 0.282 e. The molecular formula is C18H19ClN4O5S2. The van der Waals surface area contributed by atoms with Gasteiger partial charge in [0.15, 0.2) is 0 Å². The van der Waals surface area contributed by atoms with E-state index in [9.17, 15) is 16.8 Å². The highest BCUT2D eigenvalue weighted by atomic mass is 35.5. The zero-order chi connectivity index (χ0) is 22.1. The number of nitrogens with one attached hydrogen (secondary N) is 2. The van der Waals surface area contributed by atoms with E-state index < -0.39 is 20.0 Å². The molecule has 0 fully saturated rings. The van der Waals surface area contributed by atoms with E-state index in [0.717, 1.165) is 0 Å². The van der Waals surface area contributed by atoms with E-state index >= 15 is 0 Å². The average molecular weight is 471 g/mol. The van der Waals surface area contributed by atoms with E-state index in [2.05, 4.69) is 14.4 Å². The molecule has 0 amide bonds. The van der Waals surface area contributed by atoms with E-state index in [1.807, 2.05) is 0 Å². The summed E-state index contributed by atoms with van der Waals surface area (Å²) in [6, 6.07) is 10.4. The summed E-state index contributed by atoms with van der Waals surface area (Å²) >= 11 is 5.98. The Morgan fingerprint density at radius 1 is 1.00 bits per heavy atom. The Labute approximate surface area is 179 Å². The number of sulfonamides is 2. The van der Waals surface area contributed by atoms with Crippen molar-refractivity contribution in [2.24, 2.45) is 7.05 Å². The number of imidazole rings is 1. The molecule has 0 spiro atoms. The first-order valence-electron chi connectivity index (χ1n) is 8.50.